The normalized spacial score (nSPS) is 17.3. The third-order valence-corrected chi connectivity index (χ3v) is 4.41. The molecule has 1 saturated heterocycles. The topological polar surface area (TPSA) is 59.2 Å². The SMILES string of the molecule is O=C1C[C@H](c2noc(-c3ccc(Cl)cc3)n2)CN1c1ccc(F)cc1. The maximum atomic E-state index is 13.1. The van der Waals surface area contributed by atoms with Gasteiger partial charge < -0.3 is 9.42 Å². The summed E-state index contributed by atoms with van der Waals surface area (Å²) in [6.45, 7) is 0.435. The minimum Gasteiger partial charge on any atom is -0.334 e. The van der Waals surface area contributed by atoms with Gasteiger partial charge in [0.2, 0.25) is 5.91 Å². The Morgan fingerprint density at radius 2 is 1.84 bits per heavy atom. The minimum absolute atomic E-state index is 0.0468. The fourth-order valence-electron chi connectivity index (χ4n) is 2.86. The van der Waals surface area contributed by atoms with Crippen molar-refractivity contribution in [2.75, 3.05) is 11.4 Å². The predicted molar refractivity (Wildman–Crippen MR) is 90.9 cm³/mol. The molecule has 1 aliphatic heterocycles. The lowest BCUT2D eigenvalue weighted by Gasteiger charge is -2.15. The molecule has 2 aromatic carbocycles. The Kier molecular flexibility index (Phi) is 3.97. The summed E-state index contributed by atoms with van der Waals surface area (Å²) in [5.41, 5.74) is 1.43. The van der Waals surface area contributed by atoms with E-state index in [-0.39, 0.29) is 24.1 Å². The first-order valence-corrected chi connectivity index (χ1v) is 8.13. The summed E-state index contributed by atoms with van der Waals surface area (Å²) in [7, 11) is 0. The third-order valence-electron chi connectivity index (χ3n) is 4.16. The molecule has 5 nitrogen and oxygen atoms in total. The highest BCUT2D eigenvalue weighted by molar-refractivity contribution is 6.30. The van der Waals surface area contributed by atoms with Crippen LogP contribution in [0.4, 0.5) is 10.1 Å². The van der Waals surface area contributed by atoms with Crippen molar-refractivity contribution in [1.82, 2.24) is 10.1 Å². The van der Waals surface area contributed by atoms with Crippen molar-refractivity contribution in [2.24, 2.45) is 0 Å². The van der Waals surface area contributed by atoms with E-state index in [9.17, 15) is 9.18 Å². The Hall–Kier alpha value is -2.73. The zero-order chi connectivity index (χ0) is 17.4. The zero-order valence-electron chi connectivity index (χ0n) is 13.0. The average molecular weight is 358 g/mol. The van der Waals surface area contributed by atoms with Gasteiger partial charge in [0, 0.05) is 35.2 Å². The maximum Gasteiger partial charge on any atom is 0.257 e. The lowest BCUT2D eigenvalue weighted by Crippen LogP contribution is -2.24. The van der Waals surface area contributed by atoms with Gasteiger partial charge in [-0.25, -0.2) is 4.39 Å². The van der Waals surface area contributed by atoms with Crippen molar-refractivity contribution in [1.29, 1.82) is 0 Å². The second-order valence-electron chi connectivity index (χ2n) is 5.85. The number of anilines is 1. The number of carbonyl (C=O) groups excluding carboxylic acids is 1. The first-order chi connectivity index (χ1) is 12.1. The Bertz CT molecular complexity index is 909. The number of nitrogens with zero attached hydrogens (tertiary/aromatic N) is 3. The van der Waals surface area contributed by atoms with Gasteiger partial charge in [-0.1, -0.05) is 16.8 Å². The smallest absolute Gasteiger partial charge is 0.257 e. The Morgan fingerprint density at radius 3 is 2.56 bits per heavy atom. The van der Waals surface area contributed by atoms with Crippen LogP contribution in [0.3, 0.4) is 0 Å². The molecule has 7 heteroatoms. The highest BCUT2D eigenvalue weighted by atomic mass is 35.5. The van der Waals surface area contributed by atoms with Crippen LogP contribution in [0, 0.1) is 5.82 Å². The van der Waals surface area contributed by atoms with Gasteiger partial charge in [0.05, 0.1) is 0 Å². The first kappa shape index (κ1) is 15.8. The molecule has 0 N–H and O–H groups in total. The van der Waals surface area contributed by atoms with Crippen LogP contribution < -0.4 is 4.90 Å². The molecule has 0 spiro atoms. The molecule has 1 atom stereocenters. The van der Waals surface area contributed by atoms with E-state index in [1.807, 2.05) is 0 Å². The number of hydrogen-bond acceptors (Lipinski definition) is 4. The van der Waals surface area contributed by atoms with Gasteiger partial charge >= 0.3 is 0 Å². The van der Waals surface area contributed by atoms with Crippen LogP contribution in [0.15, 0.2) is 53.1 Å². The van der Waals surface area contributed by atoms with Crippen molar-refractivity contribution >= 4 is 23.2 Å². The van der Waals surface area contributed by atoms with Gasteiger partial charge in [-0.05, 0) is 48.5 Å². The monoisotopic (exact) mass is 357 g/mol. The zero-order valence-corrected chi connectivity index (χ0v) is 13.8. The molecule has 1 aromatic heterocycles. The van der Waals surface area contributed by atoms with E-state index in [0.717, 1.165) is 5.56 Å². The van der Waals surface area contributed by atoms with Crippen LogP contribution in [-0.2, 0) is 4.79 Å². The molecule has 1 fully saturated rings. The van der Waals surface area contributed by atoms with E-state index in [1.54, 1.807) is 41.3 Å². The number of hydrogen-bond donors (Lipinski definition) is 0. The molecule has 3 aromatic rings. The summed E-state index contributed by atoms with van der Waals surface area (Å²) in [6, 6.07) is 12.9. The molecule has 1 aliphatic rings. The second kappa shape index (κ2) is 6.29. The van der Waals surface area contributed by atoms with Gasteiger partial charge in [-0.15, -0.1) is 0 Å². The van der Waals surface area contributed by atoms with Crippen LogP contribution >= 0.6 is 11.6 Å². The van der Waals surface area contributed by atoms with Crippen molar-refractivity contribution in [3.05, 3.63) is 65.2 Å². The molecular weight excluding hydrogens is 345 g/mol. The summed E-state index contributed by atoms with van der Waals surface area (Å²) in [5.74, 6) is 0.330. The molecule has 0 aliphatic carbocycles. The highest BCUT2D eigenvalue weighted by Gasteiger charge is 2.34. The molecular formula is C18H13ClFN3O2. The summed E-state index contributed by atoms with van der Waals surface area (Å²) >= 11 is 5.87. The van der Waals surface area contributed by atoms with E-state index >= 15 is 0 Å². The number of aromatic nitrogens is 2. The largest absolute Gasteiger partial charge is 0.334 e. The lowest BCUT2D eigenvalue weighted by atomic mass is 10.1. The summed E-state index contributed by atoms with van der Waals surface area (Å²) in [6.07, 6.45) is 0.289. The van der Waals surface area contributed by atoms with E-state index in [0.29, 0.717) is 29.0 Å². The Balaban J connectivity index is 1.54. The molecule has 0 radical (unpaired) electrons. The van der Waals surface area contributed by atoms with Crippen LogP contribution in [0.1, 0.15) is 18.2 Å². The standard InChI is InChI=1S/C18H13ClFN3O2/c19-13-3-1-11(2-4-13)18-21-17(22-25-18)12-9-16(24)23(10-12)15-7-5-14(20)6-8-15/h1-8,12H,9-10H2/t12-/m0/s1. The van der Waals surface area contributed by atoms with Crippen LogP contribution in [0.2, 0.25) is 5.02 Å². The van der Waals surface area contributed by atoms with E-state index in [1.165, 1.54) is 12.1 Å². The molecule has 25 heavy (non-hydrogen) atoms. The molecule has 0 saturated carbocycles. The average Bonchev–Trinajstić information content (AvgIpc) is 3.23. The lowest BCUT2D eigenvalue weighted by molar-refractivity contribution is -0.117. The van der Waals surface area contributed by atoms with Crippen molar-refractivity contribution in [3.63, 3.8) is 0 Å². The van der Waals surface area contributed by atoms with Gasteiger partial charge in [0.25, 0.3) is 5.89 Å². The summed E-state index contributed by atoms with van der Waals surface area (Å²) in [5, 5.41) is 4.64. The van der Waals surface area contributed by atoms with Gasteiger partial charge in [-0.3, -0.25) is 4.79 Å². The number of halogens is 2. The Morgan fingerprint density at radius 1 is 1.12 bits per heavy atom. The van der Waals surface area contributed by atoms with Crippen LogP contribution in [-0.4, -0.2) is 22.6 Å². The van der Waals surface area contributed by atoms with Crippen molar-refractivity contribution in [3.8, 4) is 11.5 Å². The highest BCUT2D eigenvalue weighted by Crippen LogP contribution is 2.31. The predicted octanol–water partition coefficient (Wildman–Crippen LogP) is 4.05. The molecule has 0 unspecified atom stereocenters. The molecule has 4 rings (SSSR count). The molecule has 2 heterocycles. The fraction of sp³-hybridized carbons (Fsp3) is 0.167. The fourth-order valence-corrected chi connectivity index (χ4v) is 2.99. The van der Waals surface area contributed by atoms with Crippen molar-refractivity contribution < 1.29 is 13.7 Å². The van der Waals surface area contributed by atoms with E-state index < -0.39 is 0 Å². The van der Waals surface area contributed by atoms with Crippen LogP contribution in [0.5, 0.6) is 0 Å². The number of benzene rings is 2. The third kappa shape index (κ3) is 3.13. The van der Waals surface area contributed by atoms with Gasteiger partial charge in [-0.2, -0.15) is 4.98 Å². The second-order valence-corrected chi connectivity index (χ2v) is 6.28. The number of rotatable bonds is 3. The molecule has 1 amide bonds. The van der Waals surface area contributed by atoms with Crippen LogP contribution in [0.25, 0.3) is 11.5 Å². The number of amides is 1. The minimum atomic E-state index is -0.335. The molecule has 0 bridgehead atoms. The molecule has 126 valence electrons. The summed E-state index contributed by atoms with van der Waals surface area (Å²) in [4.78, 5) is 18.3. The summed E-state index contributed by atoms with van der Waals surface area (Å²) < 4.78 is 18.4. The quantitative estimate of drug-likeness (QED) is 0.709. The number of carbonyl (C=O) groups is 1. The maximum absolute atomic E-state index is 13.1. The van der Waals surface area contributed by atoms with Gasteiger partial charge in [0.15, 0.2) is 5.82 Å². The van der Waals surface area contributed by atoms with E-state index in [4.69, 9.17) is 16.1 Å². The van der Waals surface area contributed by atoms with Gasteiger partial charge in [0.1, 0.15) is 5.82 Å². The Labute approximate surface area is 148 Å². The first-order valence-electron chi connectivity index (χ1n) is 7.75. The van der Waals surface area contributed by atoms with E-state index in [2.05, 4.69) is 10.1 Å². The van der Waals surface area contributed by atoms with Crippen molar-refractivity contribution in [2.45, 2.75) is 12.3 Å².